The van der Waals surface area contributed by atoms with Crippen LogP contribution in [0.25, 0.3) is 0 Å². The number of piperidine rings is 1. The van der Waals surface area contributed by atoms with Crippen molar-refractivity contribution in [1.29, 1.82) is 0 Å². The van der Waals surface area contributed by atoms with Gasteiger partial charge in [-0.25, -0.2) is 0 Å². The summed E-state index contributed by atoms with van der Waals surface area (Å²) in [6.07, 6.45) is 2.62. The summed E-state index contributed by atoms with van der Waals surface area (Å²) < 4.78 is 0. The molecule has 0 unspecified atom stereocenters. The van der Waals surface area contributed by atoms with Crippen LogP contribution in [0.2, 0.25) is 0 Å². The maximum absolute atomic E-state index is 5.74. The molecule has 1 aliphatic heterocycles. The van der Waals surface area contributed by atoms with Crippen molar-refractivity contribution >= 4 is 5.69 Å². The lowest BCUT2D eigenvalue weighted by molar-refractivity contribution is 0.215. The van der Waals surface area contributed by atoms with Crippen LogP contribution in [0.4, 0.5) is 5.69 Å². The van der Waals surface area contributed by atoms with E-state index in [0.717, 1.165) is 12.2 Å². The predicted molar refractivity (Wildman–Crippen MR) is 73.9 cm³/mol. The molecule has 2 rings (SSSR count). The topological polar surface area (TPSA) is 29.3 Å². The first-order valence-corrected chi connectivity index (χ1v) is 6.52. The third-order valence-electron chi connectivity index (χ3n) is 3.45. The number of hydrogen-bond donors (Lipinski definition) is 1. The SMILES string of the molecule is C[C](C)CN1CCC[C@@H](c2ccc(N)cc2)C1. The highest BCUT2D eigenvalue weighted by Crippen LogP contribution is 2.27. The van der Waals surface area contributed by atoms with Crippen LogP contribution in [-0.4, -0.2) is 24.5 Å². The van der Waals surface area contributed by atoms with Crippen LogP contribution >= 0.6 is 0 Å². The molecule has 0 saturated carbocycles. The van der Waals surface area contributed by atoms with Crippen LogP contribution in [0, 0.1) is 5.92 Å². The monoisotopic (exact) mass is 231 g/mol. The van der Waals surface area contributed by atoms with Crippen molar-refractivity contribution in [2.45, 2.75) is 32.6 Å². The Morgan fingerprint density at radius 3 is 2.65 bits per heavy atom. The Bertz CT molecular complexity index is 342. The van der Waals surface area contributed by atoms with Gasteiger partial charge in [0, 0.05) is 18.8 Å². The molecule has 2 N–H and O–H groups in total. The number of hydrogen-bond acceptors (Lipinski definition) is 2. The maximum Gasteiger partial charge on any atom is 0.0314 e. The highest BCUT2D eigenvalue weighted by Gasteiger charge is 2.21. The van der Waals surface area contributed by atoms with Crippen molar-refractivity contribution in [3.8, 4) is 0 Å². The van der Waals surface area contributed by atoms with Gasteiger partial charge in [0.2, 0.25) is 0 Å². The minimum absolute atomic E-state index is 0.684. The van der Waals surface area contributed by atoms with Crippen molar-refractivity contribution in [2.75, 3.05) is 25.4 Å². The van der Waals surface area contributed by atoms with Gasteiger partial charge >= 0.3 is 0 Å². The number of nitrogens with zero attached hydrogens (tertiary/aromatic N) is 1. The average molecular weight is 231 g/mol. The van der Waals surface area contributed by atoms with Crippen LogP contribution in [0.15, 0.2) is 24.3 Å². The number of nitrogens with two attached hydrogens (primary N) is 1. The summed E-state index contributed by atoms with van der Waals surface area (Å²) in [5.74, 6) is 2.19. The molecule has 2 heteroatoms. The Hall–Kier alpha value is -1.02. The molecular formula is C15H23N2. The molecule has 0 spiro atoms. The molecule has 1 fully saturated rings. The summed E-state index contributed by atoms with van der Waals surface area (Å²) in [4.78, 5) is 2.57. The van der Waals surface area contributed by atoms with E-state index in [9.17, 15) is 0 Å². The van der Waals surface area contributed by atoms with E-state index in [2.05, 4.69) is 30.9 Å². The first-order chi connectivity index (χ1) is 8.15. The number of likely N-dealkylation sites (tertiary alicyclic amines) is 1. The minimum atomic E-state index is 0.684. The second kappa shape index (κ2) is 5.54. The zero-order valence-corrected chi connectivity index (χ0v) is 10.9. The highest BCUT2D eigenvalue weighted by molar-refractivity contribution is 5.40. The smallest absolute Gasteiger partial charge is 0.0314 e. The van der Waals surface area contributed by atoms with Crippen molar-refractivity contribution in [3.63, 3.8) is 0 Å². The minimum Gasteiger partial charge on any atom is -0.399 e. The molecule has 1 saturated heterocycles. The van der Waals surface area contributed by atoms with E-state index in [1.54, 1.807) is 0 Å². The lowest BCUT2D eigenvalue weighted by Gasteiger charge is -2.33. The lowest BCUT2D eigenvalue weighted by Crippen LogP contribution is -2.36. The van der Waals surface area contributed by atoms with E-state index < -0.39 is 0 Å². The summed E-state index contributed by atoms with van der Waals surface area (Å²) in [5.41, 5.74) is 8.04. The molecule has 1 aliphatic rings. The van der Waals surface area contributed by atoms with Gasteiger partial charge in [0.05, 0.1) is 0 Å². The van der Waals surface area contributed by atoms with E-state index in [1.807, 2.05) is 12.1 Å². The molecule has 0 amide bonds. The normalized spacial score (nSPS) is 21.9. The van der Waals surface area contributed by atoms with Gasteiger partial charge in [-0.1, -0.05) is 26.0 Å². The van der Waals surface area contributed by atoms with Gasteiger partial charge in [-0.15, -0.1) is 0 Å². The molecule has 17 heavy (non-hydrogen) atoms. The third-order valence-corrected chi connectivity index (χ3v) is 3.45. The zero-order chi connectivity index (χ0) is 12.3. The average Bonchev–Trinajstić information content (AvgIpc) is 2.29. The quantitative estimate of drug-likeness (QED) is 0.810. The Balaban J connectivity index is 1.99. The number of rotatable bonds is 3. The van der Waals surface area contributed by atoms with Crippen LogP contribution in [0.1, 0.15) is 38.2 Å². The van der Waals surface area contributed by atoms with Crippen molar-refractivity contribution in [2.24, 2.45) is 0 Å². The van der Waals surface area contributed by atoms with E-state index >= 15 is 0 Å². The van der Waals surface area contributed by atoms with Crippen LogP contribution in [0.5, 0.6) is 0 Å². The number of nitrogen functional groups attached to an aromatic ring is 1. The van der Waals surface area contributed by atoms with Gasteiger partial charge in [0.15, 0.2) is 0 Å². The van der Waals surface area contributed by atoms with Crippen LogP contribution < -0.4 is 5.73 Å². The Labute approximate surface area is 105 Å². The van der Waals surface area contributed by atoms with Crippen molar-refractivity contribution < 1.29 is 0 Å². The van der Waals surface area contributed by atoms with Crippen molar-refractivity contribution in [1.82, 2.24) is 4.90 Å². The molecule has 1 heterocycles. The maximum atomic E-state index is 5.74. The number of benzene rings is 1. The highest BCUT2D eigenvalue weighted by atomic mass is 15.1. The summed E-state index contributed by atoms with van der Waals surface area (Å²) >= 11 is 0. The van der Waals surface area contributed by atoms with E-state index in [4.69, 9.17) is 5.73 Å². The fourth-order valence-electron chi connectivity index (χ4n) is 2.69. The van der Waals surface area contributed by atoms with E-state index in [0.29, 0.717) is 5.92 Å². The largest absolute Gasteiger partial charge is 0.399 e. The molecule has 0 aliphatic carbocycles. The van der Waals surface area contributed by atoms with Crippen LogP contribution in [-0.2, 0) is 0 Å². The van der Waals surface area contributed by atoms with Gasteiger partial charge in [-0.2, -0.15) is 0 Å². The summed E-state index contributed by atoms with van der Waals surface area (Å²) in [7, 11) is 0. The molecule has 1 atom stereocenters. The fourth-order valence-corrected chi connectivity index (χ4v) is 2.69. The first-order valence-electron chi connectivity index (χ1n) is 6.52. The van der Waals surface area contributed by atoms with Gasteiger partial charge < -0.3 is 10.6 Å². The second-order valence-corrected chi connectivity index (χ2v) is 5.45. The summed E-state index contributed by atoms with van der Waals surface area (Å²) in [6, 6.07) is 8.41. The van der Waals surface area contributed by atoms with Gasteiger partial charge in [-0.05, 0) is 48.9 Å². The number of anilines is 1. The Kier molecular flexibility index (Phi) is 4.06. The molecule has 0 aromatic heterocycles. The summed E-state index contributed by atoms with van der Waals surface area (Å²) in [6.45, 7) is 8.01. The lowest BCUT2D eigenvalue weighted by atomic mass is 9.90. The Morgan fingerprint density at radius 2 is 2.00 bits per heavy atom. The molecule has 1 radical (unpaired) electrons. The standard InChI is InChI=1S/C15H23N2/c1-12(2)10-17-9-3-4-14(11-17)13-5-7-15(16)8-6-13/h5-8,14H,3-4,9-11,16H2,1-2H3/t14-/m1/s1. The first kappa shape index (κ1) is 12.4. The Morgan fingerprint density at radius 1 is 1.29 bits per heavy atom. The molecule has 1 aromatic carbocycles. The summed E-state index contributed by atoms with van der Waals surface area (Å²) in [5, 5.41) is 0. The zero-order valence-electron chi connectivity index (χ0n) is 10.9. The molecule has 0 bridgehead atoms. The molecular weight excluding hydrogens is 208 g/mol. The third kappa shape index (κ3) is 3.47. The molecule has 93 valence electrons. The van der Waals surface area contributed by atoms with Gasteiger partial charge in [0.1, 0.15) is 0 Å². The molecule has 1 aromatic rings. The second-order valence-electron chi connectivity index (χ2n) is 5.45. The molecule has 2 nitrogen and oxygen atoms in total. The van der Waals surface area contributed by atoms with E-state index in [-0.39, 0.29) is 0 Å². The van der Waals surface area contributed by atoms with Gasteiger partial charge in [0.25, 0.3) is 0 Å². The van der Waals surface area contributed by atoms with E-state index in [1.165, 1.54) is 37.4 Å². The van der Waals surface area contributed by atoms with Crippen molar-refractivity contribution in [3.05, 3.63) is 35.7 Å². The fraction of sp³-hybridized carbons (Fsp3) is 0.533. The van der Waals surface area contributed by atoms with Crippen LogP contribution in [0.3, 0.4) is 0 Å². The predicted octanol–water partition coefficient (Wildman–Crippen LogP) is 3.06. The van der Waals surface area contributed by atoms with Gasteiger partial charge in [-0.3, -0.25) is 0 Å².